The molecular formula is C18H21N5. The average Bonchev–Trinajstić information content (AvgIpc) is 2.84. The van der Waals surface area contributed by atoms with E-state index in [2.05, 4.69) is 26.7 Å². The van der Waals surface area contributed by atoms with Gasteiger partial charge in [-0.15, -0.1) is 0 Å². The Hall–Kier alpha value is -2.61. The van der Waals surface area contributed by atoms with Gasteiger partial charge in [0, 0.05) is 12.2 Å². The first-order valence-electron chi connectivity index (χ1n) is 8.21. The van der Waals surface area contributed by atoms with Crippen molar-refractivity contribution in [3.8, 4) is 6.07 Å². The van der Waals surface area contributed by atoms with E-state index < -0.39 is 0 Å². The van der Waals surface area contributed by atoms with Crippen LogP contribution >= 0.6 is 0 Å². The Morgan fingerprint density at radius 3 is 2.61 bits per heavy atom. The largest absolute Gasteiger partial charge is 0.351 e. The van der Waals surface area contributed by atoms with Crippen molar-refractivity contribution in [1.29, 1.82) is 5.26 Å². The molecule has 3 rings (SSSR count). The maximum absolute atomic E-state index is 9.16. The van der Waals surface area contributed by atoms with Gasteiger partial charge >= 0.3 is 0 Å². The number of hydrogen-bond acceptors (Lipinski definition) is 5. The number of benzene rings is 1. The average molecular weight is 307 g/mol. The third kappa shape index (κ3) is 4.19. The minimum Gasteiger partial charge on any atom is -0.351 e. The summed E-state index contributed by atoms with van der Waals surface area (Å²) in [5.74, 6) is 1.34. The topological polar surface area (TPSA) is 73.6 Å². The summed E-state index contributed by atoms with van der Waals surface area (Å²) in [5.41, 5.74) is 1.36. The Morgan fingerprint density at radius 2 is 1.83 bits per heavy atom. The Labute approximate surface area is 136 Å². The lowest BCUT2D eigenvalue weighted by atomic mass is 10.1. The van der Waals surface area contributed by atoms with Crippen LogP contribution in [-0.2, 0) is 0 Å². The van der Waals surface area contributed by atoms with Crippen LogP contribution in [-0.4, -0.2) is 16.0 Å². The third-order valence-corrected chi connectivity index (χ3v) is 4.15. The molecule has 2 aromatic rings. The minimum atomic E-state index is 0.458. The molecule has 0 unspecified atom stereocenters. The van der Waals surface area contributed by atoms with Crippen molar-refractivity contribution >= 4 is 17.5 Å². The van der Waals surface area contributed by atoms with Gasteiger partial charge in [-0.05, 0) is 31.0 Å². The normalized spacial score (nSPS) is 15.4. The van der Waals surface area contributed by atoms with Crippen molar-refractivity contribution in [3.63, 3.8) is 0 Å². The predicted octanol–water partition coefficient (Wildman–Crippen LogP) is 4.23. The molecule has 0 bridgehead atoms. The Morgan fingerprint density at radius 1 is 1.04 bits per heavy atom. The van der Waals surface area contributed by atoms with E-state index in [-0.39, 0.29) is 0 Å². The summed E-state index contributed by atoms with van der Waals surface area (Å²) >= 11 is 0. The molecule has 1 heterocycles. The molecule has 1 aromatic carbocycles. The smallest absolute Gasteiger partial charge is 0.224 e. The second-order valence-electron chi connectivity index (χ2n) is 5.88. The van der Waals surface area contributed by atoms with Gasteiger partial charge in [-0.1, -0.05) is 37.8 Å². The maximum Gasteiger partial charge on any atom is 0.224 e. The fraction of sp³-hybridized carbons (Fsp3) is 0.389. The maximum atomic E-state index is 9.16. The first kappa shape index (κ1) is 15.3. The van der Waals surface area contributed by atoms with Crippen LogP contribution in [0.2, 0.25) is 0 Å². The molecule has 5 heteroatoms. The van der Waals surface area contributed by atoms with Gasteiger partial charge < -0.3 is 10.6 Å². The second-order valence-corrected chi connectivity index (χ2v) is 5.88. The molecule has 2 N–H and O–H groups in total. The monoisotopic (exact) mass is 307 g/mol. The van der Waals surface area contributed by atoms with Gasteiger partial charge in [0.25, 0.3) is 0 Å². The molecular weight excluding hydrogens is 286 g/mol. The minimum absolute atomic E-state index is 0.458. The highest BCUT2D eigenvalue weighted by Gasteiger charge is 2.13. The quantitative estimate of drug-likeness (QED) is 0.827. The van der Waals surface area contributed by atoms with Crippen LogP contribution in [0.1, 0.15) is 44.1 Å². The second kappa shape index (κ2) is 7.59. The first-order chi connectivity index (χ1) is 11.3. The Balaban J connectivity index is 1.71. The zero-order valence-electron chi connectivity index (χ0n) is 13.1. The predicted molar refractivity (Wildman–Crippen MR) is 91.6 cm³/mol. The van der Waals surface area contributed by atoms with Gasteiger partial charge in [-0.3, -0.25) is 0 Å². The number of anilines is 3. The van der Waals surface area contributed by atoms with Crippen LogP contribution in [0.5, 0.6) is 0 Å². The van der Waals surface area contributed by atoms with E-state index in [4.69, 9.17) is 5.26 Å². The number of para-hydroxylation sites is 1. The van der Waals surface area contributed by atoms with Crippen LogP contribution in [0.3, 0.4) is 0 Å². The molecule has 0 atom stereocenters. The van der Waals surface area contributed by atoms with Gasteiger partial charge in [-0.2, -0.15) is 10.2 Å². The fourth-order valence-electron chi connectivity index (χ4n) is 2.93. The van der Waals surface area contributed by atoms with Gasteiger partial charge in [0.15, 0.2) is 0 Å². The van der Waals surface area contributed by atoms with Crippen LogP contribution in [0, 0.1) is 11.3 Å². The van der Waals surface area contributed by atoms with Crippen LogP contribution in [0.15, 0.2) is 36.5 Å². The van der Waals surface area contributed by atoms with E-state index in [0.29, 0.717) is 23.4 Å². The summed E-state index contributed by atoms with van der Waals surface area (Å²) in [7, 11) is 0. The van der Waals surface area contributed by atoms with Crippen LogP contribution < -0.4 is 10.6 Å². The number of hydrogen-bond donors (Lipinski definition) is 2. The van der Waals surface area contributed by atoms with Gasteiger partial charge in [0.1, 0.15) is 11.9 Å². The molecule has 0 radical (unpaired) electrons. The van der Waals surface area contributed by atoms with E-state index in [0.717, 1.165) is 5.69 Å². The molecule has 5 nitrogen and oxygen atoms in total. The van der Waals surface area contributed by atoms with Crippen molar-refractivity contribution in [2.45, 2.75) is 44.6 Å². The van der Waals surface area contributed by atoms with Crippen LogP contribution in [0.4, 0.5) is 17.5 Å². The highest BCUT2D eigenvalue weighted by molar-refractivity contribution is 5.64. The van der Waals surface area contributed by atoms with Gasteiger partial charge in [0.2, 0.25) is 5.95 Å². The summed E-state index contributed by atoms with van der Waals surface area (Å²) < 4.78 is 0. The molecule has 1 fully saturated rings. The van der Waals surface area contributed by atoms with E-state index in [1.807, 2.05) is 24.3 Å². The number of aromatic nitrogens is 2. The molecule has 1 aliphatic carbocycles. The highest BCUT2D eigenvalue weighted by Crippen LogP contribution is 2.22. The summed E-state index contributed by atoms with van der Waals surface area (Å²) in [6, 6.07) is 11.9. The highest BCUT2D eigenvalue weighted by atomic mass is 15.1. The first-order valence-corrected chi connectivity index (χ1v) is 8.21. The molecule has 1 saturated carbocycles. The van der Waals surface area contributed by atoms with Crippen molar-refractivity contribution in [2.24, 2.45) is 0 Å². The Kier molecular flexibility index (Phi) is 5.05. The molecule has 0 saturated heterocycles. The fourth-order valence-corrected chi connectivity index (χ4v) is 2.93. The lowest BCUT2D eigenvalue weighted by Crippen LogP contribution is -2.20. The standard InChI is InChI=1S/C18H21N5/c19-13-14-7-5-6-10-16(14)22-17-11-12-20-18(23-17)21-15-8-3-1-2-4-9-15/h5-7,10-12,15H,1-4,8-9H2,(H2,20,21,22,23). The third-order valence-electron chi connectivity index (χ3n) is 4.15. The molecule has 0 aliphatic heterocycles. The summed E-state index contributed by atoms with van der Waals surface area (Å²) in [5, 5.41) is 15.8. The molecule has 0 amide bonds. The van der Waals surface area contributed by atoms with Crippen molar-refractivity contribution in [3.05, 3.63) is 42.1 Å². The zero-order valence-corrected chi connectivity index (χ0v) is 13.1. The van der Waals surface area contributed by atoms with E-state index in [1.54, 1.807) is 12.3 Å². The zero-order chi connectivity index (χ0) is 15.9. The van der Waals surface area contributed by atoms with Gasteiger partial charge in [-0.25, -0.2) is 4.98 Å². The molecule has 23 heavy (non-hydrogen) atoms. The van der Waals surface area contributed by atoms with E-state index in [1.165, 1.54) is 38.5 Å². The number of nitriles is 1. The SMILES string of the molecule is N#Cc1ccccc1Nc1ccnc(NC2CCCCCC2)n1. The lowest BCUT2D eigenvalue weighted by Gasteiger charge is -2.16. The molecule has 118 valence electrons. The van der Waals surface area contributed by atoms with Gasteiger partial charge in [0.05, 0.1) is 11.3 Å². The van der Waals surface area contributed by atoms with Crippen LogP contribution in [0.25, 0.3) is 0 Å². The van der Waals surface area contributed by atoms with Crippen molar-refractivity contribution in [1.82, 2.24) is 9.97 Å². The van der Waals surface area contributed by atoms with Crippen molar-refractivity contribution in [2.75, 3.05) is 10.6 Å². The van der Waals surface area contributed by atoms with E-state index >= 15 is 0 Å². The molecule has 1 aliphatic rings. The number of rotatable bonds is 4. The van der Waals surface area contributed by atoms with E-state index in [9.17, 15) is 0 Å². The number of nitrogens with one attached hydrogen (secondary N) is 2. The summed E-state index contributed by atoms with van der Waals surface area (Å²) in [4.78, 5) is 8.85. The number of nitrogens with zero attached hydrogens (tertiary/aromatic N) is 3. The summed E-state index contributed by atoms with van der Waals surface area (Å²) in [6.07, 6.45) is 9.29. The molecule has 0 spiro atoms. The van der Waals surface area contributed by atoms with Crippen molar-refractivity contribution < 1.29 is 0 Å². The molecule has 1 aromatic heterocycles. The lowest BCUT2D eigenvalue weighted by molar-refractivity contribution is 0.615. The Bertz CT molecular complexity index is 684. The summed E-state index contributed by atoms with van der Waals surface area (Å²) in [6.45, 7) is 0.